The molecular weight excluding hydrogens is 456 g/mol. The van der Waals surface area contributed by atoms with Crippen LogP contribution in [0.25, 0.3) is 32.4 Å². The Morgan fingerprint density at radius 3 is 2.46 bits per heavy atom. The summed E-state index contributed by atoms with van der Waals surface area (Å²) in [5.74, 6) is 0.837. The van der Waals surface area contributed by atoms with E-state index in [0.29, 0.717) is 18.7 Å². The summed E-state index contributed by atoms with van der Waals surface area (Å²) in [4.78, 5) is 27.6. The van der Waals surface area contributed by atoms with Gasteiger partial charge >= 0.3 is 0 Å². The summed E-state index contributed by atoms with van der Waals surface area (Å²) < 4.78 is 6.58. The van der Waals surface area contributed by atoms with E-state index in [9.17, 15) is 4.79 Å². The van der Waals surface area contributed by atoms with Crippen LogP contribution in [0.15, 0.2) is 78.9 Å². The van der Waals surface area contributed by atoms with Crippen molar-refractivity contribution in [2.45, 2.75) is 0 Å². The third-order valence-corrected chi connectivity index (χ3v) is 7.53. The molecule has 0 unspecified atom stereocenters. The number of rotatable bonds is 4. The highest BCUT2D eigenvalue weighted by Crippen LogP contribution is 2.34. The monoisotopic (exact) mass is 480 g/mol. The Hall–Kier alpha value is -3.97. The lowest BCUT2D eigenvalue weighted by molar-refractivity contribution is 0.0748. The number of anilines is 1. The second kappa shape index (κ2) is 9.00. The molecule has 1 aliphatic heterocycles. The third-order valence-electron chi connectivity index (χ3n) is 6.44. The molecular formula is C28H24N4O2S. The van der Waals surface area contributed by atoms with E-state index < -0.39 is 0 Å². The first kappa shape index (κ1) is 21.6. The molecule has 0 saturated carbocycles. The number of piperazine rings is 1. The second-order valence-corrected chi connectivity index (χ2v) is 9.53. The molecule has 0 aliphatic carbocycles. The first-order chi connectivity index (χ1) is 17.2. The normalized spacial score (nSPS) is 14.0. The number of carbonyl (C=O) groups excluding carboxylic acids is 1. The van der Waals surface area contributed by atoms with Crippen molar-refractivity contribution in [2.75, 3.05) is 38.2 Å². The smallest absolute Gasteiger partial charge is 0.254 e. The topological polar surface area (TPSA) is 58.6 Å². The molecule has 1 amide bonds. The fourth-order valence-corrected chi connectivity index (χ4v) is 5.63. The van der Waals surface area contributed by atoms with Gasteiger partial charge in [0, 0.05) is 37.1 Å². The average molecular weight is 481 g/mol. The largest absolute Gasteiger partial charge is 0.494 e. The lowest BCUT2D eigenvalue weighted by atomic mass is 10.0. The fourth-order valence-electron chi connectivity index (χ4n) is 4.59. The number of nitrogens with zero attached hydrogens (tertiary/aromatic N) is 4. The molecule has 1 aliphatic rings. The molecule has 6 rings (SSSR count). The van der Waals surface area contributed by atoms with Gasteiger partial charge in [0.2, 0.25) is 0 Å². The van der Waals surface area contributed by atoms with Crippen molar-refractivity contribution in [3.05, 3.63) is 84.4 Å². The minimum atomic E-state index is 0.0476. The number of pyridine rings is 1. The van der Waals surface area contributed by atoms with Gasteiger partial charge in [-0.05, 0) is 24.3 Å². The van der Waals surface area contributed by atoms with Crippen LogP contribution >= 0.6 is 11.3 Å². The Morgan fingerprint density at radius 1 is 0.886 bits per heavy atom. The number of benzene rings is 3. The Labute approximate surface area is 207 Å². The van der Waals surface area contributed by atoms with Crippen LogP contribution in [0.5, 0.6) is 5.75 Å². The molecule has 7 heteroatoms. The zero-order chi connectivity index (χ0) is 23.8. The molecule has 2 aromatic heterocycles. The summed E-state index contributed by atoms with van der Waals surface area (Å²) in [5.41, 5.74) is 4.25. The van der Waals surface area contributed by atoms with Crippen LogP contribution in [0.1, 0.15) is 10.4 Å². The van der Waals surface area contributed by atoms with Crippen molar-refractivity contribution in [3.8, 4) is 17.0 Å². The number of fused-ring (bicyclic) bond motifs is 2. The van der Waals surface area contributed by atoms with E-state index in [1.54, 1.807) is 18.4 Å². The Bertz CT molecular complexity index is 1520. The van der Waals surface area contributed by atoms with Gasteiger partial charge in [0.1, 0.15) is 11.3 Å². The Kier molecular flexibility index (Phi) is 5.54. The van der Waals surface area contributed by atoms with E-state index in [-0.39, 0.29) is 5.91 Å². The van der Waals surface area contributed by atoms with E-state index in [2.05, 4.69) is 11.0 Å². The van der Waals surface area contributed by atoms with Gasteiger partial charge < -0.3 is 14.5 Å². The van der Waals surface area contributed by atoms with Crippen LogP contribution in [0.4, 0.5) is 5.13 Å². The van der Waals surface area contributed by atoms with Crippen molar-refractivity contribution >= 4 is 43.5 Å². The average Bonchev–Trinajstić information content (AvgIpc) is 3.37. The molecule has 5 aromatic rings. The Morgan fingerprint density at radius 2 is 1.66 bits per heavy atom. The number of methoxy groups -OCH3 is 1. The van der Waals surface area contributed by atoms with Crippen LogP contribution in [0, 0.1) is 0 Å². The second-order valence-electron chi connectivity index (χ2n) is 8.52. The highest BCUT2D eigenvalue weighted by molar-refractivity contribution is 7.22. The van der Waals surface area contributed by atoms with Gasteiger partial charge in [-0.3, -0.25) is 4.79 Å². The van der Waals surface area contributed by atoms with Gasteiger partial charge in [-0.15, -0.1) is 0 Å². The number of hydrogen-bond acceptors (Lipinski definition) is 6. The highest BCUT2D eigenvalue weighted by Gasteiger charge is 2.26. The number of thiazole rings is 1. The van der Waals surface area contributed by atoms with Crippen LogP contribution in [0.3, 0.4) is 0 Å². The minimum absolute atomic E-state index is 0.0476. The molecule has 6 nitrogen and oxygen atoms in total. The molecule has 0 radical (unpaired) electrons. The summed E-state index contributed by atoms with van der Waals surface area (Å²) >= 11 is 1.66. The van der Waals surface area contributed by atoms with Crippen molar-refractivity contribution in [2.24, 2.45) is 0 Å². The van der Waals surface area contributed by atoms with Gasteiger partial charge in [-0.25, -0.2) is 9.97 Å². The van der Waals surface area contributed by atoms with Crippen molar-refractivity contribution in [1.82, 2.24) is 14.9 Å². The van der Waals surface area contributed by atoms with Gasteiger partial charge in [0.05, 0.1) is 28.6 Å². The van der Waals surface area contributed by atoms with Gasteiger partial charge in [-0.1, -0.05) is 65.9 Å². The zero-order valence-corrected chi connectivity index (χ0v) is 20.2. The predicted molar refractivity (Wildman–Crippen MR) is 141 cm³/mol. The molecule has 174 valence electrons. The van der Waals surface area contributed by atoms with E-state index >= 15 is 0 Å². The maximum atomic E-state index is 13.7. The van der Waals surface area contributed by atoms with E-state index in [1.165, 1.54) is 0 Å². The molecule has 0 bridgehead atoms. The predicted octanol–water partition coefficient (Wildman–Crippen LogP) is 5.48. The summed E-state index contributed by atoms with van der Waals surface area (Å²) in [6.45, 7) is 2.76. The maximum Gasteiger partial charge on any atom is 0.254 e. The summed E-state index contributed by atoms with van der Waals surface area (Å²) in [7, 11) is 1.67. The molecule has 35 heavy (non-hydrogen) atoms. The Balaban J connectivity index is 1.26. The number of hydrogen-bond donors (Lipinski definition) is 0. The van der Waals surface area contributed by atoms with Crippen molar-refractivity contribution in [3.63, 3.8) is 0 Å². The minimum Gasteiger partial charge on any atom is -0.494 e. The van der Waals surface area contributed by atoms with Gasteiger partial charge in [0.25, 0.3) is 5.91 Å². The molecule has 1 saturated heterocycles. The highest BCUT2D eigenvalue weighted by atomic mass is 32.1. The molecule has 0 spiro atoms. The van der Waals surface area contributed by atoms with Gasteiger partial charge in [-0.2, -0.15) is 0 Å². The zero-order valence-electron chi connectivity index (χ0n) is 19.3. The third kappa shape index (κ3) is 3.98. The lowest BCUT2D eigenvalue weighted by Crippen LogP contribution is -2.48. The van der Waals surface area contributed by atoms with E-state index in [0.717, 1.165) is 56.3 Å². The van der Waals surface area contributed by atoms with Crippen LogP contribution in [-0.4, -0.2) is 54.1 Å². The first-order valence-corrected chi connectivity index (χ1v) is 12.5. The lowest BCUT2D eigenvalue weighted by Gasteiger charge is -2.34. The molecule has 0 atom stereocenters. The SMILES string of the molecule is COc1cccc2sc(N3CCN(C(=O)c4cc(-c5ccccc5)nc5ccccc45)CC3)nc12. The quantitative estimate of drug-likeness (QED) is 0.341. The number of para-hydroxylation sites is 2. The van der Waals surface area contributed by atoms with Crippen molar-refractivity contribution < 1.29 is 9.53 Å². The first-order valence-electron chi connectivity index (χ1n) is 11.6. The standard InChI is InChI=1S/C28H24N4O2S/c1-34-24-12-7-13-25-26(24)30-28(35-25)32-16-14-31(15-17-32)27(33)21-18-23(19-8-3-2-4-9-19)29-22-11-6-5-10-20(21)22/h2-13,18H,14-17H2,1H3. The summed E-state index contributed by atoms with van der Waals surface area (Å²) in [6, 6.07) is 25.8. The molecule has 1 fully saturated rings. The van der Waals surface area contributed by atoms with E-state index in [4.69, 9.17) is 14.7 Å². The number of carbonyl (C=O) groups is 1. The number of aromatic nitrogens is 2. The molecule has 3 heterocycles. The van der Waals surface area contributed by atoms with Crippen molar-refractivity contribution in [1.29, 1.82) is 0 Å². The van der Waals surface area contributed by atoms with Crippen LogP contribution < -0.4 is 9.64 Å². The number of amides is 1. The van der Waals surface area contributed by atoms with E-state index in [1.807, 2.05) is 77.7 Å². The maximum absolute atomic E-state index is 13.7. The van der Waals surface area contributed by atoms with Crippen LogP contribution in [-0.2, 0) is 0 Å². The number of ether oxygens (including phenoxy) is 1. The van der Waals surface area contributed by atoms with Crippen LogP contribution in [0.2, 0.25) is 0 Å². The molecule has 0 N–H and O–H groups in total. The summed E-state index contributed by atoms with van der Waals surface area (Å²) in [6.07, 6.45) is 0. The fraction of sp³-hybridized carbons (Fsp3) is 0.179. The molecule has 3 aromatic carbocycles. The summed E-state index contributed by atoms with van der Waals surface area (Å²) in [5, 5.41) is 1.86. The van der Waals surface area contributed by atoms with Gasteiger partial charge in [0.15, 0.2) is 5.13 Å².